The Bertz CT molecular complexity index is 527. The van der Waals surface area contributed by atoms with E-state index in [4.69, 9.17) is 0 Å². The highest BCUT2D eigenvalue weighted by Gasteiger charge is 2.20. The van der Waals surface area contributed by atoms with E-state index in [9.17, 15) is 4.79 Å². The molecule has 17 heavy (non-hydrogen) atoms. The molecule has 0 spiro atoms. The van der Waals surface area contributed by atoms with Crippen LogP contribution in [0.3, 0.4) is 0 Å². The second kappa shape index (κ2) is 4.16. The van der Waals surface area contributed by atoms with Gasteiger partial charge in [0.15, 0.2) is 5.78 Å². The van der Waals surface area contributed by atoms with Crippen molar-refractivity contribution in [2.75, 3.05) is 0 Å². The van der Waals surface area contributed by atoms with Crippen molar-refractivity contribution < 1.29 is 4.79 Å². The van der Waals surface area contributed by atoms with Crippen LogP contribution in [0, 0.1) is 0 Å². The summed E-state index contributed by atoms with van der Waals surface area (Å²) in [6.07, 6.45) is 8.20. The van der Waals surface area contributed by atoms with Gasteiger partial charge >= 0.3 is 0 Å². The third-order valence-corrected chi connectivity index (χ3v) is 3.24. The van der Waals surface area contributed by atoms with Crippen molar-refractivity contribution in [1.29, 1.82) is 0 Å². The van der Waals surface area contributed by atoms with Crippen LogP contribution in [0.4, 0.5) is 0 Å². The molecule has 5 nitrogen and oxygen atoms in total. The minimum atomic E-state index is 0.283. The van der Waals surface area contributed by atoms with Crippen molar-refractivity contribution in [2.45, 2.75) is 32.4 Å². The fraction of sp³-hybridized carbons (Fsp3) is 0.417. The standard InChI is InChI=1S/C12H14N4O/c17-12-3-1-2-11-10(12)4-6-15(11)8-9-16-7-5-13-14-16/h4-7H,1-3,8-9H2. The van der Waals surface area contributed by atoms with Crippen molar-refractivity contribution >= 4 is 5.78 Å². The second-order valence-electron chi connectivity index (χ2n) is 4.31. The molecular formula is C12H14N4O. The van der Waals surface area contributed by atoms with Gasteiger partial charge in [0, 0.05) is 36.6 Å². The molecule has 0 fully saturated rings. The van der Waals surface area contributed by atoms with E-state index in [1.54, 1.807) is 10.9 Å². The number of hydrogen-bond acceptors (Lipinski definition) is 3. The van der Waals surface area contributed by atoms with E-state index in [-0.39, 0.29) is 5.78 Å². The molecule has 0 bridgehead atoms. The Kier molecular flexibility index (Phi) is 2.51. The van der Waals surface area contributed by atoms with Gasteiger partial charge in [-0.1, -0.05) is 5.21 Å². The first kappa shape index (κ1) is 10.3. The fourth-order valence-electron chi connectivity index (χ4n) is 2.36. The summed E-state index contributed by atoms with van der Waals surface area (Å²) in [7, 11) is 0. The zero-order valence-electron chi connectivity index (χ0n) is 9.54. The predicted octanol–water partition coefficient (Wildman–Crippen LogP) is 1.30. The Morgan fingerprint density at radius 1 is 1.24 bits per heavy atom. The maximum Gasteiger partial charge on any atom is 0.164 e. The van der Waals surface area contributed by atoms with Gasteiger partial charge in [-0.05, 0) is 18.9 Å². The van der Waals surface area contributed by atoms with Gasteiger partial charge in [0.1, 0.15) is 0 Å². The van der Waals surface area contributed by atoms with E-state index < -0.39 is 0 Å². The molecule has 2 aromatic rings. The first-order chi connectivity index (χ1) is 8.34. The third kappa shape index (κ3) is 1.88. The Morgan fingerprint density at radius 2 is 2.18 bits per heavy atom. The molecule has 0 N–H and O–H groups in total. The summed E-state index contributed by atoms with van der Waals surface area (Å²) >= 11 is 0. The number of carbonyl (C=O) groups is 1. The van der Waals surface area contributed by atoms with Crippen LogP contribution < -0.4 is 0 Å². The van der Waals surface area contributed by atoms with Crippen molar-refractivity contribution in [3.8, 4) is 0 Å². The maximum absolute atomic E-state index is 11.7. The average molecular weight is 230 g/mol. The van der Waals surface area contributed by atoms with Crippen LogP contribution in [0.15, 0.2) is 24.7 Å². The maximum atomic E-state index is 11.7. The van der Waals surface area contributed by atoms with Crippen molar-refractivity contribution in [2.24, 2.45) is 0 Å². The Hall–Kier alpha value is -1.91. The predicted molar refractivity (Wildman–Crippen MR) is 61.7 cm³/mol. The van der Waals surface area contributed by atoms with E-state index in [1.807, 2.05) is 18.5 Å². The summed E-state index contributed by atoms with van der Waals surface area (Å²) in [5, 5.41) is 7.70. The van der Waals surface area contributed by atoms with E-state index in [0.29, 0.717) is 6.42 Å². The van der Waals surface area contributed by atoms with Gasteiger partial charge in [-0.2, -0.15) is 0 Å². The summed E-state index contributed by atoms with van der Waals surface area (Å²) in [5.41, 5.74) is 2.09. The van der Waals surface area contributed by atoms with Crippen molar-refractivity contribution in [3.05, 3.63) is 35.9 Å². The Morgan fingerprint density at radius 3 is 3.00 bits per heavy atom. The molecule has 0 unspecified atom stereocenters. The number of rotatable bonds is 3. The molecule has 3 rings (SSSR count). The number of aryl methyl sites for hydroxylation is 2. The molecule has 1 aliphatic carbocycles. The number of hydrogen-bond donors (Lipinski definition) is 0. The number of fused-ring (bicyclic) bond motifs is 1. The second-order valence-corrected chi connectivity index (χ2v) is 4.31. The van der Waals surface area contributed by atoms with Crippen molar-refractivity contribution in [3.63, 3.8) is 0 Å². The summed E-state index contributed by atoms with van der Waals surface area (Å²) in [5.74, 6) is 0.283. The van der Waals surface area contributed by atoms with Gasteiger partial charge in [-0.25, -0.2) is 0 Å². The van der Waals surface area contributed by atoms with Crippen LogP contribution in [-0.4, -0.2) is 25.3 Å². The quantitative estimate of drug-likeness (QED) is 0.798. The number of nitrogens with zero attached hydrogens (tertiary/aromatic N) is 4. The highest BCUT2D eigenvalue weighted by Crippen LogP contribution is 2.22. The van der Waals surface area contributed by atoms with Crippen LogP contribution in [0.5, 0.6) is 0 Å². The zero-order valence-corrected chi connectivity index (χ0v) is 9.54. The summed E-state index contributed by atoms with van der Waals surface area (Å²) in [6.45, 7) is 1.63. The molecule has 0 saturated carbocycles. The van der Waals surface area contributed by atoms with Gasteiger partial charge in [-0.15, -0.1) is 5.10 Å². The van der Waals surface area contributed by atoms with E-state index >= 15 is 0 Å². The minimum absolute atomic E-state index is 0.283. The summed E-state index contributed by atoms with van der Waals surface area (Å²) in [4.78, 5) is 11.7. The van der Waals surface area contributed by atoms with E-state index in [2.05, 4.69) is 14.9 Å². The molecule has 5 heteroatoms. The monoisotopic (exact) mass is 230 g/mol. The average Bonchev–Trinajstić information content (AvgIpc) is 2.95. The number of aromatic nitrogens is 4. The summed E-state index contributed by atoms with van der Waals surface area (Å²) < 4.78 is 3.96. The van der Waals surface area contributed by atoms with Crippen molar-refractivity contribution in [1.82, 2.24) is 19.6 Å². The molecule has 2 aromatic heterocycles. The number of Topliss-reactive ketones (excluding diaryl/α,β-unsaturated/α-hetero) is 1. The zero-order chi connectivity index (χ0) is 11.7. The topological polar surface area (TPSA) is 52.7 Å². The SMILES string of the molecule is O=C1CCCc2c1ccn2CCn1ccnn1. The normalized spacial score (nSPS) is 14.9. The minimum Gasteiger partial charge on any atom is -0.349 e. The van der Waals surface area contributed by atoms with Crippen LogP contribution in [-0.2, 0) is 19.5 Å². The lowest BCUT2D eigenvalue weighted by Crippen LogP contribution is -2.15. The molecule has 0 atom stereocenters. The Labute approximate surface area is 99.0 Å². The lowest BCUT2D eigenvalue weighted by atomic mass is 9.97. The molecule has 0 radical (unpaired) electrons. The van der Waals surface area contributed by atoms with Gasteiger partial charge < -0.3 is 4.57 Å². The van der Waals surface area contributed by atoms with E-state index in [1.165, 1.54) is 5.69 Å². The molecule has 1 aliphatic rings. The third-order valence-electron chi connectivity index (χ3n) is 3.24. The molecule has 0 amide bonds. The largest absolute Gasteiger partial charge is 0.349 e. The van der Waals surface area contributed by atoms with Gasteiger partial charge in [0.2, 0.25) is 0 Å². The van der Waals surface area contributed by atoms with Gasteiger partial charge in [0.25, 0.3) is 0 Å². The Balaban J connectivity index is 1.78. The van der Waals surface area contributed by atoms with Crippen LogP contribution in [0.1, 0.15) is 28.9 Å². The lowest BCUT2D eigenvalue weighted by molar-refractivity contribution is 0.0971. The highest BCUT2D eigenvalue weighted by molar-refractivity contribution is 5.98. The number of ketones is 1. The highest BCUT2D eigenvalue weighted by atomic mass is 16.1. The molecule has 0 saturated heterocycles. The van der Waals surface area contributed by atoms with Crippen LogP contribution >= 0.6 is 0 Å². The first-order valence-corrected chi connectivity index (χ1v) is 5.90. The molecule has 0 aliphatic heterocycles. The lowest BCUT2D eigenvalue weighted by Gasteiger charge is -2.14. The fourth-order valence-corrected chi connectivity index (χ4v) is 2.36. The molecular weight excluding hydrogens is 216 g/mol. The first-order valence-electron chi connectivity index (χ1n) is 5.90. The van der Waals surface area contributed by atoms with Crippen LogP contribution in [0.25, 0.3) is 0 Å². The van der Waals surface area contributed by atoms with Gasteiger partial charge in [-0.3, -0.25) is 9.48 Å². The number of carbonyl (C=O) groups excluding carboxylic acids is 1. The molecule has 0 aromatic carbocycles. The smallest absolute Gasteiger partial charge is 0.164 e. The summed E-state index contributed by atoms with van der Waals surface area (Å²) in [6, 6.07) is 1.94. The van der Waals surface area contributed by atoms with Gasteiger partial charge in [0.05, 0.1) is 12.7 Å². The van der Waals surface area contributed by atoms with E-state index in [0.717, 1.165) is 31.5 Å². The molecule has 88 valence electrons. The van der Waals surface area contributed by atoms with Crippen LogP contribution in [0.2, 0.25) is 0 Å². The molecule has 2 heterocycles.